The molecule has 0 bridgehead atoms. The number of rotatable bonds is 3. The maximum absolute atomic E-state index is 12.1. The second kappa shape index (κ2) is 5.67. The van der Waals surface area contributed by atoms with Gasteiger partial charge in [0, 0.05) is 10.5 Å². The van der Waals surface area contributed by atoms with Gasteiger partial charge in [-0.1, -0.05) is 46.3 Å². The van der Waals surface area contributed by atoms with Crippen LogP contribution in [-0.2, 0) is 4.79 Å². The van der Waals surface area contributed by atoms with Crippen LogP contribution in [0.2, 0.25) is 0 Å². The Bertz CT molecular complexity index is 473. The average molecular weight is 309 g/mol. The Morgan fingerprint density at radius 2 is 2.17 bits per heavy atom. The lowest BCUT2D eigenvalue weighted by molar-refractivity contribution is -0.124. The Hall–Kier alpha value is -1.13. The van der Waals surface area contributed by atoms with Crippen LogP contribution in [0.1, 0.15) is 24.9 Å². The Labute approximate surface area is 116 Å². The van der Waals surface area contributed by atoms with Crippen LogP contribution in [0.3, 0.4) is 0 Å². The van der Waals surface area contributed by atoms with E-state index in [2.05, 4.69) is 21.2 Å². The molecule has 0 heterocycles. The van der Waals surface area contributed by atoms with Crippen molar-refractivity contribution < 1.29 is 4.79 Å². The molecule has 2 rings (SSSR count). The molecular formula is C14H17BrN2O. The molecule has 1 aliphatic rings. The number of carbonyl (C=O) groups is 1. The minimum Gasteiger partial charge on any atom is -0.349 e. The molecule has 1 aromatic rings. The van der Waals surface area contributed by atoms with Crippen molar-refractivity contribution in [2.24, 2.45) is 11.7 Å². The molecule has 18 heavy (non-hydrogen) atoms. The van der Waals surface area contributed by atoms with Crippen LogP contribution in [-0.4, -0.2) is 11.9 Å². The molecule has 4 heteroatoms. The maximum atomic E-state index is 12.1. The highest BCUT2D eigenvalue weighted by Gasteiger charge is 2.24. The number of nitrogens with two attached hydrogens (primary N) is 1. The fourth-order valence-corrected chi connectivity index (χ4v) is 2.77. The minimum absolute atomic E-state index is 0.0134. The van der Waals surface area contributed by atoms with Crippen molar-refractivity contribution in [1.29, 1.82) is 0 Å². The SMILES string of the molecule is C[C@H](NC(=O)C1C=CC(N)C1)c1ccccc1Br. The largest absolute Gasteiger partial charge is 0.349 e. The summed E-state index contributed by atoms with van der Waals surface area (Å²) in [6.45, 7) is 1.98. The van der Waals surface area contributed by atoms with E-state index >= 15 is 0 Å². The molecule has 0 spiro atoms. The molecule has 1 amide bonds. The lowest BCUT2D eigenvalue weighted by Gasteiger charge is -2.18. The van der Waals surface area contributed by atoms with E-state index in [1.807, 2.05) is 43.3 Å². The monoisotopic (exact) mass is 308 g/mol. The smallest absolute Gasteiger partial charge is 0.227 e. The van der Waals surface area contributed by atoms with Gasteiger partial charge in [-0.3, -0.25) is 4.79 Å². The van der Waals surface area contributed by atoms with E-state index in [0.717, 1.165) is 10.0 Å². The summed E-state index contributed by atoms with van der Waals surface area (Å²) in [5.41, 5.74) is 6.84. The highest BCUT2D eigenvalue weighted by molar-refractivity contribution is 9.10. The summed E-state index contributed by atoms with van der Waals surface area (Å²) in [7, 11) is 0. The fraction of sp³-hybridized carbons (Fsp3) is 0.357. The van der Waals surface area contributed by atoms with Gasteiger partial charge in [0.05, 0.1) is 12.0 Å². The zero-order chi connectivity index (χ0) is 13.1. The van der Waals surface area contributed by atoms with E-state index in [1.54, 1.807) is 0 Å². The molecule has 1 aromatic carbocycles. The highest BCUT2D eigenvalue weighted by atomic mass is 79.9. The number of carbonyl (C=O) groups excluding carboxylic acids is 1. The van der Waals surface area contributed by atoms with Crippen molar-refractivity contribution in [2.75, 3.05) is 0 Å². The van der Waals surface area contributed by atoms with E-state index in [1.165, 1.54) is 0 Å². The summed E-state index contributed by atoms with van der Waals surface area (Å²) in [6.07, 6.45) is 4.49. The topological polar surface area (TPSA) is 55.1 Å². The van der Waals surface area contributed by atoms with Crippen LogP contribution >= 0.6 is 15.9 Å². The summed E-state index contributed by atoms with van der Waals surface area (Å²) < 4.78 is 1.01. The number of benzene rings is 1. The molecule has 3 atom stereocenters. The first-order chi connectivity index (χ1) is 8.58. The van der Waals surface area contributed by atoms with Gasteiger partial charge in [-0.2, -0.15) is 0 Å². The van der Waals surface area contributed by atoms with E-state index in [-0.39, 0.29) is 23.9 Å². The van der Waals surface area contributed by atoms with Crippen LogP contribution < -0.4 is 11.1 Å². The van der Waals surface area contributed by atoms with E-state index in [9.17, 15) is 4.79 Å². The van der Waals surface area contributed by atoms with Crippen LogP contribution in [0.5, 0.6) is 0 Å². The zero-order valence-electron chi connectivity index (χ0n) is 10.3. The van der Waals surface area contributed by atoms with Gasteiger partial charge < -0.3 is 11.1 Å². The minimum atomic E-state index is -0.0927. The van der Waals surface area contributed by atoms with Crippen molar-refractivity contribution in [1.82, 2.24) is 5.32 Å². The number of amides is 1. The third-order valence-electron chi connectivity index (χ3n) is 3.18. The normalized spacial score (nSPS) is 23.9. The van der Waals surface area contributed by atoms with Gasteiger partial charge in [-0.25, -0.2) is 0 Å². The van der Waals surface area contributed by atoms with Crippen molar-refractivity contribution in [3.63, 3.8) is 0 Å². The number of hydrogen-bond donors (Lipinski definition) is 2. The predicted octanol–water partition coefficient (Wildman–Crippen LogP) is 2.53. The first-order valence-corrected chi connectivity index (χ1v) is 6.86. The number of halogens is 1. The molecule has 0 fully saturated rings. The van der Waals surface area contributed by atoms with Gasteiger partial charge in [-0.05, 0) is 25.0 Å². The first-order valence-electron chi connectivity index (χ1n) is 6.06. The molecule has 0 aromatic heterocycles. The third-order valence-corrected chi connectivity index (χ3v) is 3.91. The molecule has 0 saturated heterocycles. The molecule has 3 N–H and O–H groups in total. The van der Waals surface area contributed by atoms with E-state index < -0.39 is 0 Å². The second-order valence-corrected chi connectivity index (χ2v) is 5.50. The Morgan fingerprint density at radius 3 is 2.78 bits per heavy atom. The van der Waals surface area contributed by atoms with Crippen LogP contribution in [0.4, 0.5) is 0 Å². The highest BCUT2D eigenvalue weighted by Crippen LogP contribution is 2.24. The van der Waals surface area contributed by atoms with E-state index in [0.29, 0.717) is 6.42 Å². The Kier molecular flexibility index (Phi) is 4.19. The average Bonchev–Trinajstić information content (AvgIpc) is 2.76. The van der Waals surface area contributed by atoms with Crippen molar-refractivity contribution >= 4 is 21.8 Å². The molecule has 1 aliphatic carbocycles. The van der Waals surface area contributed by atoms with Crippen LogP contribution in [0, 0.1) is 5.92 Å². The Balaban J connectivity index is 2.00. The molecule has 0 aliphatic heterocycles. The van der Waals surface area contributed by atoms with Crippen molar-refractivity contribution in [3.8, 4) is 0 Å². The summed E-state index contributed by atoms with van der Waals surface area (Å²) in [6, 6.07) is 7.90. The van der Waals surface area contributed by atoms with Crippen molar-refractivity contribution in [3.05, 3.63) is 46.5 Å². The van der Waals surface area contributed by atoms with Gasteiger partial charge in [0.1, 0.15) is 0 Å². The molecule has 96 valence electrons. The van der Waals surface area contributed by atoms with Crippen LogP contribution in [0.25, 0.3) is 0 Å². The van der Waals surface area contributed by atoms with Gasteiger partial charge in [0.2, 0.25) is 5.91 Å². The Morgan fingerprint density at radius 1 is 1.44 bits per heavy atom. The number of hydrogen-bond acceptors (Lipinski definition) is 2. The van der Waals surface area contributed by atoms with Gasteiger partial charge in [-0.15, -0.1) is 0 Å². The van der Waals surface area contributed by atoms with E-state index in [4.69, 9.17) is 5.73 Å². The lowest BCUT2D eigenvalue weighted by Crippen LogP contribution is -2.32. The molecule has 0 radical (unpaired) electrons. The predicted molar refractivity (Wildman–Crippen MR) is 75.9 cm³/mol. The summed E-state index contributed by atoms with van der Waals surface area (Å²) >= 11 is 3.49. The van der Waals surface area contributed by atoms with Gasteiger partial charge in [0.15, 0.2) is 0 Å². The summed E-state index contributed by atoms with van der Waals surface area (Å²) in [5.74, 6) is -0.0487. The molecule has 2 unspecified atom stereocenters. The summed E-state index contributed by atoms with van der Waals surface area (Å²) in [5, 5.41) is 3.02. The zero-order valence-corrected chi connectivity index (χ0v) is 11.9. The standard InChI is InChI=1S/C14H17BrN2O/c1-9(12-4-2-3-5-13(12)15)17-14(18)10-6-7-11(16)8-10/h2-7,9-11H,8,16H2,1H3,(H,17,18)/t9-,10?,11?/m0/s1. The van der Waals surface area contributed by atoms with Crippen LogP contribution in [0.15, 0.2) is 40.9 Å². The molecular weight excluding hydrogens is 292 g/mol. The van der Waals surface area contributed by atoms with Crippen molar-refractivity contribution in [2.45, 2.75) is 25.4 Å². The molecule has 0 saturated carbocycles. The second-order valence-electron chi connectivity index (χ2n) is 4.64. The first kappa shape index (κ1) is 13.3. The summed E-state index contributed by atoms with van der Waals surface area (Å²) in [4.78, 5) is 12.1. The lowest BCUT2D eigenvalue weighted by atomic mass is 10.0. The maximum Gasteiger partial charge on any atom is 0.227 e. The fourth-order valence-electron chi connectivity index (χ4n) is 2.15. The quantitative estimate of drug-likeness (QED) is 0.843. The molecule has 3 nitrogen and oxygen atoms in total. The van der Waals surface area contributed by atoms with Gasteiger partial charge in [0.25, 0.3) is 0 Å². The number of nitrogens with one attached hydrogen (secondary N) is 1. The third kappa shape index (κ3) is 3.00. The van der Waals surface area contributed by atoms with Gasteiger partial charge >= 0.3 is 0 Å².